The van der Waals surface area contributed by atoms with E-state index in [1.54, 1.807) is 0 Å². The lowest BCUT2D eigenvalue weighted by Gasteiger charge is -2.40. The van der Waals surface area contributed by atoms with Crippen LogP contribution in [-0.4, -0.2) is 57.3 Å². The van der Waals surface area contributed by atoms with Crippen LogP contribution in [0.3, 0.4) is 0 Å². The van der Waals surface area contributed by atoms with Crippen molar-refractivity contribution in [2.45, 2.75) is 38.1 Å². The van der Waals surface area contributed by atoms with Gasteiger partial charge in [0, 0.05) is 42.1 Å². The van der Waals surface area contributed by atoms with Gasteiger partial charge in [0.2, 0.25) is 0 Å². The molecule has 0 N–H and O–H groups in total. The molecule has 1 aromatic carbocycles. The summed E-state index contributed by atoms with van der Waals surface area (Å²) in [5.41, 5.74) is 3.27. The second kappa shape index (κ2) is 8.40. The molecule has 0 atom stereocenters. The summed E-state index contributed by atoms with van der Waals surface area (Å²) in [6.45, 7) is 4.08. The Morgan fingerprint density at radius 2 is 1.70 bits per heavy atom. The summed E-state index contributed by atoms with van der Waals surface area (Å²) < 4.78 is 1.92. The monoisotopic (exact) mass is 422 g/mol. The summed E-state index contributed by atoms with van der Waals surface area (Å²) in [5, 5.41) is 0.713. The van der Waals surface area contributed by atoms with Crippen molar-refractivity contribution in [1.29, 1.82) is 0 Å². The molecule has 2 aromatic heterocycles. The second-order valence-electron chi connectivity index (χ2n) is 8.41. The third-order valence-corrected chi connectivity index (χ3v) is 6.84. The number of rotatable bonds is 3. The summed E-state index contributed by atoms with van der Waals surface area (Å²) in [5.74, 6) is 0.0371. The third kappa shape index (κ3) is 3.84. The normalized spacial score (nSPS) is 18.8. The Morgan fingerprint density at radius 1 is 0.933 bits per heavy atom. The second-order valence-corrected chi connectivity index (χ2v) is 8.82. The van der Waals surface area contributed by atoms with Gasteiger partial charge in [0.1, 0.15) is 11.3 Å². The van der Waals surface area contributed by atoms with Crippen molar-refractivity contribution in [2.75, 3.05) is 26.2 Å². The molecular weight excluding hydrogens is 396 g/mol. The predicted octanol–water partition coefficient (Wildman–Crippen LogP) is 4.75. The molecule has 5 nitrogen and oxygen atoms in total. The minimum absolute atomic E-state index is 0.0371. The Kier molecular flexibility index (Phi) is 5.48. The van der Waals surface area contributed by atoms with Crippen molar-refractivity contribution < 1.29 is 4.79 Å². The lowest BCUT2D eigenvalue weighted by Crippen LogP contribution is -2.48. The summed E-state index contributed by atoms with van der Waals surface area (Å²) in [4.78, 5) is 22.3. The highest BCUT2D eigenvalue weighted by Gasteiger charge is 2.28. The van der Waals surface area contributed by atoms with Gasteiger partial charge in [-0.2, -0.15) is 0 Å². The number of benzene rings is 1. The number of likely N-dealkylation sites (tertiary alicyclic amines) is 2. The zero-order chi connectivity index (χ0) is 20.5. The molecule has 30 heavy (non-hydrogen) atoms. The number of halogens is 1. The zero-order valence-corrected chi connectivity index (χ0v) is 17.9. The maximum Gasteiger partial charge on any atom is 0.274 e. The van der Waals surface area contributed by atoms with Crippen molar-refractivity contribution in [3.05, 3.63) is 59.5 Å². The maximum atomic E-state index is 13.1. The molecule has 2 aliphatic heterocycles. The van der Waals surface area contributed by atoms with Gasteiger partial charge in [0.05, 0.1) is 0 Å². The quantitative estimate of drug-likeness (QED) is 0.611. The van der Waals surface area contributed by atoms with Crippen molar-refractivity contribution in [3.8, 4) is 11.1 Å². The molecule has 0 unspecified atom stereocenters. The molecule has 1 amide bonds. The van der Waals surface area contributed by atoms with Crippen LogP contribution in [0.1, 0.15) is 42.6 Å². The molecule has 4 heterocycles. The molecule has 0 aliphatic carbocycles. The van der Waals surface area contributed by atoms with Gasteiger partial charge in [-0.15, -0.1) is 0 Å². The fraction of sp³-hybridized carbons (Fsp3) is 0.417. The van der Waals surface area contributed by atoms with Crippen LogP contribution in [0.15, 0.2) is 48.8 Å². The van der Waals surface area contributed by atoms with Crippen LogP contribution in [-0.2, 0) is 0 Å². The number of fused-ring (bicyclic) bond motifs is 1. The third-order valence-electron chi connectivity index (χ3n) is 6.51. The van der Waals surface area contributed by atoms with E-state index < -0.39 is 0 Å². The molecule has 6 heteroatoms. The summed E-state index contributed by atoms with van der Waals surface area (Å²) in [6.07, 6.45) is 9.95. The first kappa shape index (κ1) is 19.6. The molecule has 0 spiro atoms. The number of hydrogen-bond donors (Lipinski definition) is 0. The van der Waals surface area contributed by atoms with Gasteiger partial charge in [-0.1, -0.05) is 36.2 Å². The number of amides is 1. The largest absolute Gasteiger partial charge is 0.337 e. The number of carbonyl (C=O) groups excluding carboxylic acids is 1. The Morgan fingerprint density at radius 3 is 2.47 bits per heavy atom. The maximum absolute atomic E-state index is 13.1. The molecule has 5 rings (SSSR count). The van der Waals surface area contributed by atoms with Gasteiger partial charge in [-0.25, -0.2) is 4.98 Å². The first-order chi connectivity index (χ1) is 14.7. The Balaban J connectivity index is 1.30. The van der Waals surface area contributed by atoms with E-state index >= 15 is 0 Å². The number of imidazole rings is 1. The summed E-state index contributed by atoms with van der Waals surface area (Å²) in [6, 6.07) is 12.4. The fourth-order valence-electron chi connectivity index (χ4n) is 4.83. The number of aromatic nitrogens is 2. The fourth-order valence-corrected chi connectivity index (χ4v) is 5.07. The van der Waals surface area contributed by atoms with E-state index in [0.29, 0.717) is 16.8 Å². The average molecular weight is 423 g/mol. The average Bonchev–Trinajstić information content (AvgIpc) is 3.23. The topological polar surface area (TPSA) is 40.9 Å². The molecule has 3 aromatic rings. The summed E-state index contributed by atoms with van der Waals surface area (Å²) in [7, 11) is 0. The standard InChI is InChI=1S/C24H27ClN4O/c25-21-7-3-2-6-20(21)18-8-9-23-26-22(17-29(23)16-18)24(30)28-14-10-19(11-15-28)27-12-4-1-5-13-27/h2-3,6-9,16-17,19H,1,4-5,10-15H2. The van der Waals surface area contributed by atoms with Crippen LogP contribution < -0.4 is 0 Å². The number of piperidine rings is 2. The van der Waals surface area contributed by atoms with Crippen LogP contribution in [0.4, 0.5) is 0 Å². The lowest BCUT2D eigenvalue weighted by atomic mass is 10.00. The van der Waals surface area contributed by atoms with Gasteiger partial charge < -0.3 is 14.2 Å². The predicted molar refractivity (Wildman–Crippen MR) is 120 cm³/mol. The zero-order valence-electron chi connectivity index (χ0n) is 17.1. The first-order valence-electron chi connectivity index (χ1n) is 11.0. The molecule has 2 fully saturated rings. The number of carbonyl (C=O) groups is 1. The molecule has 0 saturated carbocycles. The van der Waals surface area contributed by atoms with Crippen LogP contribution in [0.5, 0.6) is 0 Å². The van der Waals surface area contributed by atoms with E-state index in [0.717, 1.165) is 42.7 Å². The molecule has 0 radical (unpaired) electrons. The van der Waals surface area contributed by atoms with Crippen molar-refractivity contribution >= 4 is 23.2 Å². The smallest absolute Gasteiger partial charge is 0.274 e. The van der Waals surface area contributed by atoms with E-state index in [-0.39, 0.29) is 5.91 Å². The van der Waals surface area contributed by atoms with Gasteiger partial charge >= 0.3 is 0 Å². The van der Waals surface area contributed by atoms with Gasteiger partial charge in [0.25, 0.3) is 5.91 Å². The number of hydrogen-bond acceptors (Lipinski definition) is 3. The Hall–Kier alpha value is -2.37. The van der Waals surface area contributed by atoms with Crippen LogP contribution >= 0.6 is 11.6 Å². The van der Waals surface area contributed by atoms with Crippen molar-refractivity contribution in [1.82, 2.24) is 19.2 Å². The molecule has 2 aliphatic rings. The van der Waals surface area contributed by atoms with Gasteiger partial charge in [0.15, 0.2) is 0 Å². The van der Waals surface area contributed by atoms with Crippen LogP contribution in [0.25, 0.3) is 16.8 Å². The highest BCUT2D eigenvalue weighted by molar-refractivity contribution is 6.33. The highest BCUT2D eigenvalue weighted by Crippen LogP contribution is 2.28. The van der Waals surface area contributed by atoms with Crippen LogP contribution in [0.2, 0.25) is 5.02 Å². The Bertz CT molecular complexity index is 1050. The van der Waals surface area contributed by atoms with E-state index in [4.69, 9.17) is 11.6 Å². The Labute approximate surface area is 182 Å². The van der Waals surface area contributed by atoms with E-state index in [2.05, 4.69) is 9.88 Å². The minimum Gasteiger partial charge on any atom is -0.337 e. The van der Waals surface area contributed by atoms with E-state index in [1.807, 2.05) is 58.1 Å². The lowest BCUT2D eigenvalue weighted by molar-refractivity contribution is 0.0585. The number of pyridine rings is 1. The van der Waals surface area contributed by atoms with Crippen LogP contribution in [0, 0.1) is 0 Å². The molecule has 2 saturated heterocycles. The first-order valence-corrected chi connectivity index (χ1v) is 11.3. The summed E-state index contributed by atoms with van der Waals surface area (Å²) >= 11 is 6.35. The SMILES string of the molecule is O=C(c1cn2cc(-c3ccccc3Cl)ccc2n1)N1CCC(N2CCCCC2)CC1. The van der Waals surface area contributed by atoms with Gasteiger partial charge in [-0.3, -0.25) is 4.79 Å². The molecule has 0 bridgehead atoms. The van der Waals surface area contributed by atoms with Crippen molar-refractivity contribution in [3.63, 3.8) is 0 Å². The highest BCUT2D eigenvalue weighted by atomic mass is 35.5. The minimum atomic E-state index is 0.0371. The van der Waals surface area contributed by atoms with Gasteiger partial charge in [-0.05, 0) is 62.5 Å². The molecule has 156 valence electrons. The number of nitrogens with zero attached hydrogens (tertiary/aromatic N) is 4. The van der Waals surface area contributed by atoms with E-state index in [1.165, 1.54) is 32.4 Å². The van der Waals surface area contributed by atoms with Crippen molar-refractivity contribution in [2.24, 2.45) is 0 Å². The molecular formula is C24H27ClN4O. The van der Waals surface area contributed by atoms with E-state index in [9.17, 15) is 4.79 Å².